The number of hydrogen-bond acceptors (Lipinski definition) is 6. The summed E-state index contributed by atoms with van der Waals surface area (Å²) in [6.07, 6.45) is 6.95. The number of carbonyl (C=O) groups excluding carboxylic acids is 1. The van der Waals surface area contributed by atoms with Gasteiger partial charge in [-0.2, -0.15) is 0 Å². The highest BCUT2D eigenvalue weighted by molar-refractivity contribution is 5.76. The van der Waals surface area contributed by atoms with Crippen LogP contribution in [-0.4, -0.2) is 72.1 Å². The van der Waals surface area contributed by atoms with Crippen LogP contribution in [0.4, 0.5) is 5.82 Å². The Kier molecular flexibility index (Phi) is 6.11. The van der Waals surface area contributed by atoms with Gasteiger partial charge in [-0.3, -0.25) is 4.79 Å². The summed E-state index contributed by atoms with van der Waals surface area (Å²) in [6, 6.07) is 0. The van der Waals surface area contributed by atoms with Gasteiger partial charge >= 0.3 is 0 Å². The van der Waals surface area contributed by atoms with E-state index in [1.807, 2.05) is 11.9 Å². The third-order valence-electron chi connectivity index (χ3n) is 6.45. The van der Waals surface area contributed by atoms with Crippen molar-refractivity contribution in [3.8, 4) is 0 Å². The number of anilines is 1. The van der Waals surface area contributed by atoms with Gasteiger partial charge in [-0.1, -0.05) is 0 Å². The van der Waals surface area contributed by atoms with E-state index < -0.39 is 0 Å². The quantitative estimate of drug-likeness (QED) is 0.835. The van der Waals surface area contributed by atoms with Crippen molar-refractivity contribution in [2.24, 2.45) is 0 Å². The smallest absolute Gasteiger partial charge is 0.222 e. The number of aromatic nitrogens is 2. The minimum atomic E-state index is 0.225. The van der Waals surface area contributed by atoms with Gasteiger partial charge in [-0.05, 0) is 52.2 Å². The van der Waals surface area contributed by atoms with Crippen LogP contribution in [0.2, 0.25) is 0 Å². The number of likely N-dealkylation sites (tertiary alicyclic amines) is 1. The summed E-state index contributed by atoms with van der Waals surface area (Å²) in [7, 11) is 4.09. The van der Waals surface area contributed by atoms with Crippen LogP contribution in [0.1, 0.15) is 61.5 Å². The first-order valence-corrected chi connectivity index (χ1v) is 10.8. The molecule has 0 radical (unpaired) electrons. The van der Waals surface area contributed by atoms with Gasteiger partial charge in [0.1, 0.15) is 11.6 Å². The topological polar surface area (TPSA) is 70.6 Å². The molecule has 0 spiro atoms. The lowest BCUT2D eigenvalue weighted by atomic mass is 9.95. The fraction of sp³-hybridized carbons (Fsp3) is 0.762. The molecule has 1 aromatic rings. The lowest BCUT2D eigenvalue weighted by Crippen LogP contribution is -2.37. The molecule has 0 saturated carbocycles. The second-order valence-corrected chi connectivity index (χ2v) is 8.42. The zero-order valence-corrected chi connectivity index (χ0v) is 17.2. The molecule has 1 amide bonds. The van der Waals surface area contributed by atoms with Crippen molar-refractivity contribution in [1.29, 1.82) is 0 Å². The summed E-state index contributed by atoms with van der Waals surface area (Å²) in [6.45, 7) is 4.42. The summed E-state index contributed by atoms with van der Waals surface area (Å²) in [4.78, 5) is 26.9. The van der Waals surface area contributed by atoms with E-state index in [1.165, 1.54) is 0 Å². The molecule has 28 heavy (non-hydrogen) atoms. The summed E-state index contributed by atoms with van der Waals surface area (Å²) >= 11 is 0. The lowest BCUT2D eigenvalue weighted by Gasteiger charge is -2.32. The highest BCUT2D eigenvalue weighted by Crippen LogP contribution is 2.30. The van der Waals surface area contributed by atoms with E-state index in [1.54, 1.807) is 0 Å². The van der Waals surface area contributed by atoms with Crippen molar-refractivity contribution in [3.63, 3.8) is 0 Å². The minimum absolute atomic E-state index is 0.225. The highest BCUT2D eigenvalue weighted by Gasteiger charge is 2.28. The third kappa shape index (κ3) is 4.30. The lowest BCUT2D eigenvalue weighted by molar-refractivity contribution is -0.132. The summed E-state index contributed by atoms with van der Waals surface area (Å²) < 4.78 is 5.66. The first-order chi connectivity index (χ1) is 13.6. The molecule has 4 rings (SSSR count). The number of carbonyl (C=O) groups is 1. The van der Waals surface area contributed by atoms with Gasteiger partial charge in [-0.15, -0.1) is 0 Å². The number of hydrogen-bond donors (Lipinski definition) is 1. The fourth-order valence-corrected chi connectivity index (χ4v) is 4.62. The average molecular weight is 388 g/mol. The van der Waals surface area contributed by atoms with Crippen molar-refractivity contribution < 1.29 is 9.53 Å². The number of fused-ring (bicyclic) bond motifs is 1. The van der Waals surface area contributed by atoms with Gasteiger partial charge in [-0.25, -0.2) is 9.97 Å². The highest BCUT2D eigenvalue weighted by atomic mass is 16.5. The molecule has 1 aromatic heterocycles. The Labute approximate surface area is 167 Å². The van der Waals surface area contributed by atoms with E-state index in [0.717, 1.165) is 87.7 Å². The van der Waals surface area contributed by atoms with Crippen LogP contribution < -0.4 is 5.32 Å². The Morgan fingerprint density at radius 1 is 1.21 bits per heavy atom. The van der Waals surface area contributed by atoms with Crippen molar-refractivity contribution in [1.82, 2.24) is 19.8 Å². The Hall–Kier alpha value is -1.73. The number of ether oxygens (including phenoxy) is 1. The standard InChI is InChI=1S/C21H33N5O2/c1-22-21-17-14-26(19(27)6-5-16-4-3-13-28-16)12-9-18(17)23-20(24-21)15-7-10-25(2)11-8-15/h15-16H,3-14H2,1-2H3,(H,22,23,24)/t16-/m0/s1. The van der Waals surface area contributed by atoms with Crippen LogP contribution >= 0.6 is 0 Å². The van der Waals surface area contributed by atoms with E-state index in [0.29, 0.717) is 18.9 Å². The van der Waals surface area contributed by atoms with Crippen LogP contribution in [0.3, 0.4) is 0 Å². The molecular formula is C21H33N5O2. The van der Waals surface area contributed by atoms with Crippen LogP contribution in [0.5, 0.6) is 0 Å². The van der Waals surface area contributed by atoms with Crippen LogP contribution in [0.25, 0.3) is 0 Å². The number of nitrogens with zero attached hydrogens (tertiary/aromatic N) is 4. The van der Waals surface area contributed by atoms with Crippen LogP contribution in [0, 0.1) is 0 Å². The molecule has 0 bridgehead atoms. The normalized spacial score (nSPS) is 23.6. The predicted molar refractivity (Wildman–Crippen MR) is 108 cm³/mol. The fourth-order valence-electron chi connectivity index (χ4n) is 4.62. The van der Waals surface area contributed by atoms with E-state index in [2.05, 4.69) is 17.3 Å². The zero-order chi connectivity index (χ0) is 19.5. The van der Waals surface area contributed by atoms with E-state index in [9.17, 15) is 4.79 Å². The van der Waals surface area contributed by atoms with Gasteiger partial charge in [0, 0.05) is 44.5 Å². The maximum absolute atomic E-state index is 12.7. The summed E-state index contributed by atoms with van der Waals surface area (Å²) in [5, 5.41) is 3.26. The number of piperidine rings is 1. The minimum Gasteiger partial charge on any atom is -0.378 e. The molecule has 1 atom stereocenters. The molecule has 3 aliphatic heterocycles. The molecule has 154 valence electrons. The molecule has 4 heterocycles. The van der Waals surface area contributed by atoms with E-state index >= 15 is 0 Å². The van der Waals surface area contributed by atoms with Gasteiger partial charge in [0.05, 0.1) is 18.3 Å². The molecular weight excluding hydrogens is 354 g/mol. The first kappa shape index (κ1) is 19.6. The van der Waals surface area contributed by atoms with Crippen molar-refractivity contribution in [2.45, 2.75) is 63.5 Å². The summed E-state index contributed by atoms with van der Waals surface area (Å²) in [5.74, 6) is 2.55. The number of nitrogens with one attached hydrogen (secondary N) is 1. The monoisotopic (exact) mass is 387 g/mol. The molecule has 0 aromatic carbocycles. The maximum Gasteiger partial charge on any atom is 0.222 e. The largest absolute Gasteiger partial charge is 0.378 e. The molecule has 0 unspecified atom stereocenters. The number of rotatable bonds is 5. The Balaban J connectivity index is 1.43. The molecule has 7 heteroatoms. The number of amides is 1. The SMILES string of the molecule is CNc1nc(C2CCN(C)CC2)nc2c1CN(C(=O)CC[C@@H]1CCCO1)CC2. The summed E-state index contributed by atoms with van der Waals surface area (Å²) in [5.41, 5.74) is 2.22. The van der Waals surface area contributed by atoms with Crippen LogP contribution in [0.15, 0.2) is 0 Å². The molecule has 0 aliphatic carbocycles. The zero-order valence-electron chi connectivity index (χ0n) is 17.2. The molecule has 1 N–H and O–H groups in total. The van der Waals surface area contributed by atoms with Gasteiger partial charge in [0.2, 0.25) is 5.91 Å². The van der Waals surface area contributed by atoms with Gasteiger partial charge in [0.15, 0.2) is 0 Å². The van der Waals surface area contributed by atoms with Gasteiger partial charge < -0.3 is 19.9 Å². The van der Waals surface area contributed by atoms with E-state index in [-0.39, 0.29) is 12.0 Å². The second-order valence-electron chi connectivity index (χ2n) is 8.42. The third-order valence-corrected chi connectivity index (χ3v) is 6.45. The van der Waals surface area contributed by atoms with Crippen molar-refractivity contribution in [3.05, 3.63) is 17.1 Å². The molecule has 7 nitrogen and oxygen atoms in total. The van der Waals surface area contributed by atoms with E-state index in [4.69, 9.17) is 14.7 Å². The Morgan fingerprint density at radius 3 is 2.75 bits per heavy atom. The van der Waals surface area contributed by atoms with Gasteiger partial charge in [0.25, 0.3) is 0 Å². The predicted octanol–water partition coefficient (Wildman–Crippen LogP) is 2.17. The first-order valence-electron chi connectivity index (χ1n) is 10.8. The average Bonchev–Trinajstić information content (AvgIpc) is 3.25. The van der Waals surface area contributed by atoms with Crippen LogP contribution in [-0.2, 0) is 22.5 Å². The Morgan fingerprint density at radius 2 is 2.04 bits per heavy atom. The Bertz CT molecular complexity index is 679. The molecule has 2 saturated heterocycles. The second kappa shape index (κ2) is 8.74. The van der Waals surface area contributed by atoms with Crippen molar-refractivity contribution >= 4 is 11.7 Å². The molecule has 2 fully saturated rings. The van der Waals surface area contributed by atoms with Crippen molar-refractivity contribution in [2.75, 3.05) is 45.7 Å². The maximum atomic E-state index is 12.7. The molecule has 3 aliphatic rings.